The third kappa shape index (κ3) is 4.56. The van der Waals surface area contributed by atoms with Gasteiger partial charge in [-0.2, -0.15) is 13.2 Å². The number of rotatable bonds is 4. The number of hydrogen-bond donors (Lipinski definition) is 2. The number of halogens is 4. The smallest absolute Gasteiger partial charge is 0.383 e. The number of alkyl halides is 3. The fraction of sp³-hybridized carbons (Fsp3) is 0.364. The van der Waals surface area contributed by atoms with Gasteiger partial charge in [-0.05, 0) is 18.2 Å². The normalized spacial score (nSPS) is 11.2. The second kappa shape index (κ2) is 6.08. The van der Waals surface area contributed by atoms with Gasteiger partial charge in [0.05, 0.1) is 5.56 Å². The molecule has 0 bridgehead atoms. The summed E-state index contributed by atoms with van der Waals surface area (Å²) in [7, 11) is 0. The number of amides is 1. The first-order valence-corrected chi connectivity index (χ1v) is 5.95. The van der Waals surface area contributed by atoms with Crippen LogP contribution in [0.5, 0.6) is 0 Å². The molecule has 2 N–H and O–H groups in total. The Morgan fingerprint density at radius 1 is 1.33 bits per heavy atom. The predicted octanol–water partition coefficient (Wildman–Crippen LogP) is 3.02. The molecule has 0 saturated carbocycles. The molecule has 7 heteroatoms. The molecule has 0 heterocycles. The van der Waals surface area contributed by atoms with Gasteiger partial charge >= 0.3 is 6.18 Å². The van der Waals surface area contributed by atoms with E-state index in [1.165, 1.54) is 19.1 Å². The van der Waals surface area contributed by atoms with E-state index in [9.17, 15) is 18.0 Å². The van der Waals surface area contributed by atoms with E-state index in [4.69, 9.17) is 0 Å². The number of hydrogen-bond acceptors (Lipinski definition) is 2. The highest BCUT2D eigenvalue weighted by Gasteiger charge is 2.33. The lowest BCUT2D eigenvalue weighted by Crippen LogP contribution is -2.26. The molecule has 0 fully saturated rings. The van der Waals surface area contributed by atoms with Crippen molar-refractivity contribution in [1.29, 1.82) is 0 Å². The largest absolute Gasteiger partial charge is 0.417 e. The highest BCUT2D eigenvalue weighted by molar-refractivity contribution is 9.10. The van der Waals surface area contributed by atoms with Crippen LogP contribution in [0.25, 0.3) is 0 Å². The Hall–Kier alpha value is -1.24. The maximum absolute atomic E-state index is 12.6. The number of carbonyl (C=O) groups excluding carboxylic acids is 1. The first kappa shape index (κ1) is 14.8. The molecule has 0 spiro atoms. The molecule has 1 amide bonds. The standard InChI is InChI=1S/C11H12BrF3N2O/c1-7(18)16-4-5-17-8-2-3-10(12)9(6-8)11(13,14)15/h2-3,6,17H,4-5H2,1H3,(H,16,18). The maximum Gasteiger partial charge on any atom is 0.417 e. The van der Waals surface area contributed by atoms with Crippen LogP contribution in [0.4, 0.5) is 18.9 Å². The molecule has 1 aromatic rings. The average molecular weight is 325 g/mol. The minimum absolute atomic E-state index is 0.00223. The van der Waals surface area contributed by atoms with Crippen LogP contribution in [0, 0.1) is 0 Å². The zero-order valence-corrected chi connectivity index (χ0v) is 11.2. The minimum Gasteiger partial charge on any atom is -0.383 e. The lowest BCUT2D eigenvalue weighted by Gasteiger charge is -2.12. The highest BCUT2D eigenvalue weighted by Crippen LogP contribution is 2.36. The molecule has 0 aromatic heterocycles. The molecule has 3 nitrogen and oxygen atoms in total. The molecular formula is C11H12BrF3N2O. The van der Waals surface area contributed by atoms with Crippen LogP contribution in [0.2, 0.25) is 0 Å². The van der Waals surface area contributed by atoms with Gasteiger partial charge in [-0.25, -0.2) is 0 Å². The molecule has 0 aliphatic carbocycles. The number of carbonyl (C=O) groups is 1. The Bertz CT molecular complexity index is 435. The van der Waals surface area contributed by atoms with Gasteiger partial charge in [0.25, 0.3) is 0 Å². The van der Waals surface area contributed by atoms with Crippen molar-refractivity contribution in [2.45, 2.75) is 13.1 Å². The van der Waals surface area contributed by atoms with Crippen molar-refractivity contribution in [3.8, 4) is 0 Å². The van der Waals surface area contributed by atoms with Crippen LogP contribution in [-0.4, -0.2) is 19.0 Å². The summed E-state index contributed by atoms with van der Waals surface area (Å²) in [5.74, 6) is -0.177. The Kier molecular flexibility index (Phi) is 5.01. The first-order chi connectivity index (χ1) is 8.30. The Morgan fingerprint density at radius 2 is 2.00 bits per heavy atom. The number of benzene rings is 1. The minimum atomic E-state index is -4.39. The zero-order chi connectivity index (χ0) is 13.8. The number of anilines is 1. The molecule has 0 saturated heterocycles. The fourth-order valence-corrected chi connectivity index (χ4v) is 1.77. The van der Waals surface area contributed by atoms with E-state index in [1.807, 2.05) is 0 Å². The first-order valence-electron chi connectivity index (χ1n) is 5.16. The second-order valence-corrected chi connectivity index (χ2v) is 4.46. The summed E-state index contributed by atoms with van der Waals surface area (Å²) in [6.45, 7) is 2.09. The predicted molar refractivity (Wildman–Crippen MR) is 66.3 cm³/mol. The molecular weight excluding hydrogens is 313 g/mol. The SMILES string of the molecule is CC(=O)NCCNc1ccc(Br)c(C(F)(F)F)c1. The van der Waals surface area contributed by atoms with Crippen LogP contribution in [-0.2, 0) is 11.0 Å². The maximum atomic E-state index is 12.6. The lowest BCUT2D eigenvalue weighted by molar-refractivity contribution is -0.138. The molecule has 1 aromatic carbocycles. The van der Waals surface area contributed by atoms with E-state index < -0.39 is 11.7 Å². The van der Waals surface area contributed by atoms with Crippen molar-refractivity contribution >= 4 is 27.5 Å². The van der Waals surface area contributed by atoms with Gasteiger partial charge in [-0.3, -0.25) is 4.79 Å². The molecule has 0 unspecified atom stereocenters. The summed E-state index contributed by atoms with van der Waals surface area (Å²) in [5.41, 5.74) is -0.372. The van der Waals surface area contributed by atoms with Crippen molar-refractivity contribution in [3.63, 3.8) is 0 Å². The van der Waals surface area contributed by atoms with E-state index in [2.05, 4.69) is 26.6 Å². The van der Waals surface area contributed by atoms with Crippen molar-refractivity contribution in [2.24, 2.45) is 0 Å². The molecule has 0 aliphatic rings. The van der Waals surface area contributed by atoms with Gasteiger partial charge in [-0.1, -0.05) is 15.9 Å². The van der Waals surface area contributed by atoms with Gasteiger partial charge in [0.2, 0.25) is 5.91 Å². The summed E-state index contributed by atoms with van der Waals surface area (Å²) in [4.78, 5) is 10.6. The Balaban J connectivity index is 2.65. The van der Waals surface area contributed by atoms with E-state index >= 15 is 0 Å². The molecule has 18 heavy (non-hydrogen) atoms. The molecule has 100 valence electrons. The summed E-state index contributed by atoms with van der Waals surface area (Å²) in [5, 5.41) is 5.34. The quantitative estimate of drug-likeness (QED) is 0.836. The van der Waals surface area contributed by atoms with Gasteiger partial charge in [-0.15, -0.1) is 0 Å². The highest BCUT2D eigenvalue weighted by atomic mass is 79.9. The zero-order valence-electron chi connectivity index (χ0n) is 9.57. The van der Waals surface area contributed by atoms with E-state index in [-0.39, 0.29) is 10.4 Å². The Labute approximate surface area is 111 Å². The van der Waals surface area contributed by atoms with Crippen LogP contribution in [0.15, 0.2) is 22.7 Å². The summed E-state index contributed by atoms with van der Waals surface area (Å²) in [6, 6.07) is 3.90. The van der Waals surface area contributed by atoms with Gasteiger partial charge in [0.1, 0.15) is 0 Å². The van der Waals surface area contributed by atoms with Crippen LogP contribution in [0.1, 0.15) is 12.5 Å². The van der Waals surface area contributed by atoms with Crippen LogP contribution in [0.3, 0.4) is 0 Å². The third-order valence-corrected chi connectivity index (χ3v) is 2.79. The van der Waals surface area contributed by atoms with E-state index in [0.717, 1.165) is 6.07 Å². The summed E-state index contributed by atoms with van der Waals surface area (Å²) < 4.78 is 37.8. The molecule has 0 atom stereocenters. The fourth-order valence-electron chi connectivity index (χ4n) is 1.30. The van der Waals surface area contributed by atoms with Crippen molar-refractivity contribution < 1.29 is 18.0 Å². The number of nitrogens with one attached hydrogen (secondary N) is 2. The second-order valence-electron chi connectivity index (χ2n) is 3.60. The summed E-state index contributed by atoms with van der Waals surface area (Å²) in [6.07, 6.45) is -4.39. The van der Waals surface area contributed by atoms with Crippen LogP contribution < -0.4 is 10.6 Å². The average Bonchev–Trinajstić information content (AvgIpc) is 2.24. The van der Waals surface area contributed by atoms with Crippen molar-refractivity contribution in [2.75, 3.05) is 18.4 Å². The van der Waals surface area contributed by atoms with E-state index in [0.29, 0.717) is 18.8 Å². The van der Waals surface area contributed by atoms with E-state index in [1.54, 1.807) is 0 Å². The molecule has 0 aliphatic heterocycles. The topological polar surface area (TPSA) is 41.1 Å². The van der Waals surface area contributed by atoms with Crippen molar-refractivity contribution in [1.82, 2.24) is 5.32 Å². The Morgan fingerprint density at radius 3 is 2.56 bits per heavy atom. The lowest BCUT2D eigenvalue weighted by atomic mass is 10.2. The third-order valence-electron chi connectivity index (χ3n) is 2.10. The monoisotopic (exact) mass is 324 g/mol. The molecule has 0 radical (unpaired) electrons. The van der Waals surface area contributed by atoms with Crippen molar-refractivity contribution in [3.05, 3.63) is 28.2 Å². The van der Waals surface area contributed by atoms with Gasteiger partial charge in [0.15, 0.2) is 0 Å². The van der Waals surface area contributed by atoms with Gasteiger partial charge < -0.3 is 10.6 Å². The van der Waals surface area contributed by atoms with Crippen LogP contribution >= 0.6 is 15.9 Å². The molecule has 1 rings (SSSR count). The summed E-state index contributed by atoms with van der Waals surface area (Å²) >= 11 is 2.86. The van der Waals surface area contributed by atoms with Gasteiger partial charge in [0, 0.05) is 30.2 Å².